The molecule has 10 nitrogen and oxygen atoms in total. The molecule has 3 rings (SSSR count). The summed E-state index contributed by atoms with van der Waals surface area (Å²) in [5.74, 6) is 0.702. The first-order chi connectivity index (χ1) is 14.4. The van der Waals surface area contributed by atoms with Crippen LogP contribution in [0.5, 0.6) is 0 Å². The fourth-order valence-corrected chi connectivity index (χ4v) is 4.43. The van der Waals surface area contributed by atoms with Crippen LogP contribution in [0.3, 0.4) is 0 Å². The monoisotopic (exact) mass is 430 g/mol. The molecule has 11 heteroatoms. The third-order valence-corrected chi connectivity index (χ3v) is 6.62. The van der Waals surface area contributed by atoms with Gasteiger partial charge in [-0.15, -0.1) is 0 Å². The van der Waals surface area contributed by atoms with Crippen molar-refractivity contribution in [2.75, 3.05) is 18.4 Å². The zero-order valence-electron chi connectivity index (χ0n) is 16.6. The summed E-state index contributed by atoms with van der Waals surface area (Å²) in [7, 11) is -3.78. The van der Waals surface area contributed by atoms with E-state index in [1.807, 2.05) is 12.1 Å². The number of hydrogen-bond donors (Lipinski definition) is 1. The summed E-state index contributed by atoms with van der Waals surface area (Å²) in [6, 6.07) is 7.55. The van der Waals surface area contributed by atoms with Gasteiger partial charge in [0.2, 0.25) is 10.0 Å². The summed E-state index contributed by atoms with van der Waals surface area (Å²) < 4.78 is 28.3. The van der Waals surface area contributed by atoms with Gasteiger partial charge < -0.3 is 5.32 Å². The predicted octanol–water partition coefficient (Wildman–Crippen LogP) is 2.82. The number of hydrogen-bond acceptors (Lipinski definition) is 7. The van der Waals surface area contributed by atoms with Gasteiger partial charge in [-0.1, -0.05) is 19.9 Å². The molecule has 0 unspecified atom stereocenters. The standard InChI is InChI=1S/C19H22N6O4S/c1-3-24(4-2)30(28,29)16-6-7-17(18(11-16)25(26)27)21-12-15-5-8-19(22-13-15)23-10-9-20-14-23/h5-11,13-14,21H,3-4,12H2,1-2H3. The molecule has 0 bridgehead atoms. The van der Waals surface area contributed by atoms with Crippen molar-refractivity contribution in [1.82, 2.24) is 18.8 Å². The second-order valence-corrected chi connectivity index (χ2v) is 8.31. The molecule has 1 N–H and O–H groups in total. The van der Waals surface area contributed by atoms with Crippen molar-refractivity contribution in [3.63, 3.8) is 0 Å². The lowest BCUT2D eigenvalue weighted by Gasteiger charge is -2.18. The van der Waals surface area contributed by atoms with Gasteiger partial charge in [0, 0.05) is 44.3 Å². The van der Waals surface area contributed by atoms with Gasteiger partial charge in [-0.3, -0.25) is 14.7 Å². The van der Waals surface area contributed by atoms with E-state index in [-0.39, 0.29) is 29.4 Å². The summed E-state index contributed by atoms with van der Waals surface area (Å²) in [6.45, 7) is 4.30. The van der Waals surface area contributed by atoms with E-state index < -0.39 is 14.9 Å². The predicted molar refractivity (Wildman–Crippen MR) is 112 cm³/mol. The molecule has 0 amide bonds. The molecule has 30 heavy (non-hydrogen) atoms. The number of sulfonamides is 1. The summed E-state index contributed by atoms with van der Waals surface area (Å²) >= 11 is 0. The number of benzene rings is 1. The summed E-state index contributed by atoms with van der Waals surface area (Å²) in [6.07, 6.45) is 6.72. The van der Waals surface area contributed by atoms with Gasteiger partial charge in [-0.05, 0) is 23.8 Å². The Kier molecular flexibility index (Phi) is 6.43. The van der Waals surface area contributed by atoms with Crippen LogP contribution in [-0.2, 0) is 16.6 Å². The number of aromatic nitrogens is 3. The lowest BCUT2D eigenvalue weighted by Crippen LogP contribution is -2.30. The second-order valence-electron chi connectivity index (χ2n) is 6.37. The molecular weight excluding hydrogens is 408 g/mol. The Hall–Kier alpha value is -3.31. The largest absolute Gasteiger partial charge is 0.375 e. The molecule has 158 valence electrons. The minimum Gasteiger partial charge on any atom is -0.375 e. The van der Waals surface area contributed by atoms with Crippen LogP contribution in [0.25, 0.3) is 5.82 Å². The fourth-order valence-electron chi connectivity index (χ4n) is 2.95. The topological polar surface area (TPSA) is 123 Å². The number of pyridine rings is 1. The number of nitrogens with one attached hydrogen (secondary N) is 1. The first-order valence-electron chi connectivity index (χ1n) is 9.32. The Morgan fingerprint density at radius 2 is 1.97 bits per heavy atom. The normalized spacial score (nSPS) is 11.6. The van der Waals surface area contributed by atoms with Crippen molar-refractivity contribution < 1.29 is 13.3 Å². The summed E-state index contributed by atoms with van der Waals surface area (Å²) in [5, 5.41) is 14.5. The number of nitro benzene ring substituents is 1. The number of rotatable bonds is 9. The van der Waals surface area contributed by atoms with E-state index in [2.05, 4.69) is 15.3 Å². The molecule has 0 saturated heterocycles. The fraction of sp³-hybridized carbons (Fsp3) is 0.263. The smallest absolute Gasteiger partial charge is 0.293 e. The van der Waals surface area contributed by atoms with E-state index >= 15 is 0 Å². The Morgan fingerprint density at radius 3 is 2.53 bits per heavy atom. The van der Waals surface area contributed by atoms with Gasteiger partial charge in [0.1, 0.15) is 17.8 Å². The van der Waals surface area contributed by atoms with Crippen molar-refractivity contribution in [3.8, 4) is 5.82 Å². The first kappa shape index (κ1) is 21.4. The maximum absolute atomic E-state index is 12.7. The molecule has 0 saturated carbocycles. The van der Waals surface area contributed by atoms with Crippen molar-refractivity contribution in [2.24, 2.45) is 0 Å². The molecule has 2 aromatic heterocycles. The van der Waals surface area contributed by atoms with E-state index in [1.54, 1.807) is 43.3 Å². The highest BCUT2D eigenvalue weighted by molar-refractivity contribution is 7.89. The van der Waals surface area contributed by atoms with E-state index in [4.69, 9.17) is 0 Å². The Balaban J connectivity index is 1.80. The number of nitrogens with zero attached hydrogens (tertiary/aromatic N) is 5. The van der Waals surface area contributed by atoms with Crippen molar-refractivity contribution in [1.29, 1.82) is 0 Å². The minimum absolute atomic E-state index is 0.102. The lowest BCUT2D eigenvalue weighted by molar-refractivity contribution is -0.384. The average molecular weight is 430 g/mol. The molecule has 3 aromatic rings. The first-order valence-corrected chi connectivity index (χ1v) is 10.8. The highest BCUT2D eigenvalue weighted by Crippen LogP contribution is 2.29. The van der Waals surface area contributed by atoms with Crippen molar-refractivity contribution >= 4 is 21.4 Å². The maximum atomic E-state index is 12.7. The highest BCUT2D eigenvalue weighted by Gasteiger charge is 2.25. The third kappa shape index (κ3) is 4.47. The van der Waals surface area contributed by atoms with Gasteiger partial charge >= 0.3 is 0 Å². The molecule has 2 heterocycles. The molecule has 0 aliphatic rings. The Bertz CT molecular complexity index is 1110. The SMILES string of the molecule is CCN(CC)S(=O)(=O)c1ccc(NCc2ccc(-n3ccnc3)nc2)c([N+](=O)[O-])c1. The lowest BCUT2D eigenvalue weighted by atomic mass is 10.2. The van der Waals surface area contributed by atoms with Gasteiger partial charge in [0.25, 0.3) is 5.69 Å². The molecule has 0 aliphatic heterocycles. The van der Waals surface area contributed by atoms with Gasteiger partial charge in [0.15, 0.2) is 0 Å². The Labute approximate surface area is 174 Å². The number of anilines is 1. The maximum Gasteiger partial charge on any atom is 0.293 e. The number of imidazole rings is 1. The van der Waals surface area contributed by atoms with E-state index in [0.717, 1.165) is 11.6 Å². The minimum atomic E-state index is -3.78. The second kappa shape index (κ2) is 9.01. The van der Waals surface area contributed by atoms with E-state index in [0.29, 0.717) is 12.4 Å². The summed E-state index contributed by atoms with van der Waals surface area (Å²) in [4.78, 5) is 19.1. The van der Waals surface area contributed by atoms with Gasteiger partial charge in [-0.25, -0.2) is 18.4 Å². The third-order valence-electron chi connectivity index (χ3n) is 4.57. The quantitative estimate of drug-likeness (QED) is 0.409. The van der Waals surface area contributed by atoms with E-state index in [1.165, 1.54) is 16.4 Å². The van der Waals surface area contributed by atoms with Crippen LogP contribution < -0.4 is 5.32 Å². The van der Waals surface area contributed by atoms with Crippen LogP contribution >= 0.6 is 0 Å². The van der Waals surface area contributed by atoms with Gasteiger partial charge in [0.05, 0.1) is 9.82 Å². The average Bonchev–Trinajstić information content (AvgIpc) is 3.28. The summed E-state index contributed by atoms with van der Waals surface area (Å²) in [5.41, 5.74) is 0.747. The number of nitro groups is 1. The zero-order chi connectivity index (χ0) is 21.7. The van der Waals surface area contributed by atoms with E-state index in [9.17, 15) is 18.5 Å². The van der Waals surface area contributed by atoms with Crippen LogP contribution in [0.1, 0.15) is 19.4 Å². The molecular formula is C19H22N6O4S. The van der Waals surface area contributed by atoms with Crippen LogP contribution in [-0.4, -0.2) is 45.3 Å². The molecule has 0 aliphatic carbocycles. The molecule has 0 fully saturated rings. The molecule has 0 atom stereocenters. The van der Waals surface area contributed by atoms with Crippen LogP contribution in [0, 0.1) is 10.1 Å². The van der Waals surface area contributed by atoms with Crippen LogP contribution in [0.4, 0.5) is 11.4 Å². The molecule has 0 spiro atoms. The highest BCUT2D eigenvalue weighted by atomic mass is 32.2. The van der Waals surface area contributed by atoms with Gasteiger partial charge in [-0.2, -0.15) is 4.31 Å². The zero-order valence-corrected chi connectivity index (χ0v) is 17.4. The van der Waals surface area contributed by atoms with Crippen LogP contribution in [0.2, 0.25) is 0 Å². The van der Waals surface area contributed by atoms with Crippen molar-refractivity contribution in [2.45, 2.75) is 25.3 Å². The van der Waals surface area contributed by atoms with Crippen LogP contribution in [0.15, 0.2) is 60.1 Å². The Morgan fingerprint density at radius 1 is 1.20 bits per heavy atom. The van der Waals surface area contributed by atoms with Crippen molar-refractivity contribution in [3.05, 3.63) is 70.9 Å². The molecule has 1 aromatic carbocycles. The molecule has 0 radical (unpaired) electrons.